The molecule has 2 aliphatic rings. The van der Waals surface area contributed by atoms with Crippen LogP contribution in [0.2, 0.25) is 0 Å². The normalized spacial score (nSPS) is 13.7. The number of anilines is 3. The number of nitrogens with zero attached hydrogens (tertiary/aromatic N) is 2. The van der Waals surface area contributed by atoms with Gasteiger partial charge < -0.3 is 13.8 Å². The van der Waals surface area contributed by atoms with E-state index >= 15 is 0 Å². The Morgan fingerprint density at radius 3 is 1.84 bits per heavy atom. The molecule has 4 heterocycles. The van der Waals surface area contributed by atoms with Gasteiger partial charge in [0.25, 0.3) is 0 Å². The van der Waals surface area contributed by atoms with Crippen molar-refractivity contribution in [3.05, 3.63) is 162 Å². The van der Waals surface area contributed by atoms with Gasteiger partial charge in [-0.05, 0) is 104 Å². The number of para-hydroxylation sites is 1. The van der Waals surface area contributed by atoms with Crippen LogP contribution in [0.5, 0.6) is 0 Å². The molecule has 0 spiro atoms. The third-order valence-electron chi connectivity index (χ3n) is 13.6. The summed E-state index contributed by atoms with van der Waals surface area (Å²) < 4.78 is 9.48. The van der Waals surface area contributed by atoms with Gasteiger partial charge in [0.1, 0.15) is 11.2 Å². The van der Waals surface area contributed by atoms with Gasteiger partial charge in [0.05, 0.1) is 0 Å². The van der Waals surface area contributed by atoms with Crippen LogP contribution < -0.4 is 15.8 Å². The minimum absolute atomic E-state index is 0.0336. The lowest BCUT2D eigenvalue weighted by Crippen LogP contribution is -2.57. The minimum Gasteiger partial charge on any atom is -0.456 e. The molecule has 0 unspecified atom stereocenters. The fourth-order valence-electron chi connectivity index (χ4n) is 10.2. The number of hydrogen-bond donors (Lipinski definition) is 0. The van der Waals surface area contributed by atoms with Crippen LogP contribution >= 0.6 is 0 Å². The Morgan fingerprint density at radius 2 is 1.13 bits per heavy atom. The number of fused-ring (bicyclic) bond motifs is 7. The number of aromatic nitrogens is 1. The Hall–Kier alpha value is -6.26. The van der Waals surface area contributed by atoms with Crippen molar-refractivity contribution in [2.45, 2.75) is 85.5 Å². The highest BCUT2D eigenvalue weighted by Gasteiger charge is 2.45. The number of rotatable bonds is 3. The van der Waals surface area contributed by atoms with Crippen LogP contribution in [0.3, 0.4) is 0 Å². The Bertz CT molecular complexity index is 3250. The standard InChI is InChI=1S/C57H53BN2O/c1-34-18-14-15-21-40(34)54-51(35-19-12-11-13-20-35)45-30-37(56(5,6)7)29-44-43-28-38(57(8,9)10)31-48-52(43)58(60(54)53(44)45)46-32-42-41-22-16-17-23-49(41)61-50(42)33-47(46)59(48)39-26-24-36(25-27-39)55(2,3)4/h11-33H,1-10H3. The van der Waals surface area contributed by atoms with Gasteiger partial charge in [-0.3, -0.25) is 0 Å². The molecule has 9 aromatic rings. The van der Waals surface area contributed by atoms with E-state index < -0.39 is 0 Å². The van der Waals surface area contributed by atoms with Crippen molar-refractivity contribution >= 4 is 67.7 Å². The first-order valence-corrected chi connectivity index (χ1v) is 22.0. The lowest BCUT2D eigenvalue weighted by atomic mass is 9.44. The lowest BCUT2D eigenvalue weighted by Gasteiger charge is -2.42. The monoisotopic (exact) mass is 792 g/mol. The maximum atomic E-state index is 6.74. The molecule has 0 atom stereocenters. The van der Waals surface area contributed by atoms with Crippen LogP contribution in [-0.2, 0) is 16.2 Å². The van der Waals surface area contributed by atoms with Crippen LogP contribution in [0, 0.1) is 6.92 Å². The maximum absolute atomic E-state index is 6.74. The van der Waals surface area contributed by atoms with E-state index in [4.69, 9.17) is 4.42 Å². The smallest absolute Gasteiger partial charge is 0.333 e. The molecule has 0 aliphatic carbocycles. The second-order valence-corrected chi connectivity index (χ2v) is 20.7. The molecule has 300 valence electrons. The Balaban J connectivity index is 1.37. The molecule has 2 aromatic heterocycles. The molecule has 0 amide bonds. The molecule has 0 saturated heterocycles. The van der Waals surface area contributed by atoms with Gasteiger partial charge in [-0.25, -0.2) is 0 Å². The molecule has 4 heteroatoms. The van der Waals surface area contributed by atoms with Crippen molar-refractivity contribution in [1.29, 1.82) is 0 Å². The topological polar surface area (TPSA) is 21.3 Å². The highest BCUT2D eigenvalue weighted by atomic mass is 16.3. The Labute approximate surface area is 360 Å². The average molecular weight is 793 g/mol. The number of hydrogen-bond acceptors (Lipinski definition) is 2. The van der Waals surface area contributed by atoms with Crippen LogP contribution in [0.4, 0.5) is 17.1 Å². The minimum atomic E-state index is -0.125. The molecular formula is C57H53BN2O. The SMILES string of the molecule is Cc1ccccc1-c1c(-c2ccccc2)c2cc(C(C)(C)C)cc3c2n1B1c2cc4c(cc2N(c2ccc(C(C)(C)C)cc2)c2cc(C(C)(C)C)cc-3c21)oc1ccccc14. The second-order valence-electron chi connectivity index (χ2n) is 20.7. The highest BCUT2D eigenvalue weighted by Crippen LogP contribution is 2.52. The molecule has 0 bridgehead atoms. The predicted octanol–water partition coefficient (Wildman–Crippen LogP) is 14.5. The fraction of sp³-hybridized carbons (Fsp3) is 0.228. The van der Waals surface area contributed by atoms with Gasteiger partial charge in [-0.15, -0.1) is 0 Å². The zero-order valence-electron chi connectivity index (χ0n) is 37.2. The van der Waals surface area contributed by atoms with E-state index in [1.54, 1.807) is 0 Å². The first kappa shape index (κ1) is 37.7. The van der Waals surface area contributed by atoms with Crippen LogP contribution in [-0.4, -0.2) is 11.3 Å². The highest BCUT2D eigenvalue weighted by molar-refractivity contribution is 6.90. The largest absolute Gasteiger partial charge is 0.456 e. The van der Waals surface area contributed by atoms with Gasteiger partial charge in [-0.2, -0.15) is 0 Å². The molecule has 3 nitrogen and oxygen atoms in total. The summed E-state index contributed by atoms with van der Waals surface area (Å²) in [6.07, 6.45) is 0. The molecule has 0 N–H and O–H groups in total. The van der Waals surface area contributed by atoms with Crippen LogP contribution in [0.15, 0.2) is 144 Å². The average Bonchev–Trinajstić information content (AvgIpc) is 3.76. The van der Waals surface area contributed by atoms with Crippen molar-refractivity contribution in [3.63, 3.8) is 0 Å². The van der Waals surface area contributed by atoms with E-state index in [9.17, 15) is 0 Å². The molecule has 11 rings (SSSR count). The zero-order valence-corrected chi connectivity index (χ0v) is 37.2. The van der Waals surface area contributed by atoms with Gasteiger partial charge in [0.2, 0.25) is 0 Å². The second kappa shape index (κ2) is 12.9. The van der Waals surface area contributed by atoms with Gasteiger partial charge in [0.15, 0.2) is 0 Å². The predicted molar refractivity (Wildman–Crippen MR) is 261 cm³/mol. The summed E-state index contributed by atoms with van der Waals surface area (Å²) in [5.41, 5.74) is 22.0. The fourth-order valence-corrected chi connectivity index (χ4v) is 10.2. The molecule has 7 aromatic carbocycles. The van der Waals surface area contributed by atoms with E-state index in [-0.39, 0.29) is 23.1 Å². The lowest BCUT2D eigenvalue weighted by molar-refractivity contribution is 0.589. The number of benzene rings is 7. The van der Waals surface area contributed by atoms with Crippen LogP contribution in [0.25, 0.3) is 66.4 Å². The summed E-state index contributed by atoms with van der Waals surface area (Å²) in [5, 5.41) is 3.59. The molecule has 0 saturated carbocycles. The van der Waals surface area contributed by atoms with Crippen molar-refractivity contribution in [2.75, 3.05) is 4.90 Å². The quantitative estimate of drug-likeness (QED) is 0.166. The first-order chi connectivity index (χ1) is 29.1. The van der Waals surface area contributed by atoms with Crippen molar-refractivity contribution < 1.29 is 4.42 Å². The zero-order chi connectivity index (χ0) is 42.3. The van der Waals surface area contributed by atoms with Crippen molar-refractivity contribution in [2.24, 2.45) is 0 Å². The van der Waals surface area contributed by atoms with Crippen molar-refractivity contribution in [3.8, 4) is 33.5 Å². The molecular weight excluding hydrogens is 739 g/mol. The van der Waals surface area contributed by atoms with Gasteiger partial charge in [0, 0.05) is 67.2 Å². The summed E-state index contributed by atoms with van der Waals surface area (Å²) in [4.78, 5) is 2.55. The van der Waals surface area contributed by atoms with E-state index in [2.05, 4.69) is 218 Å². The Kier molecular flexibility index (Phi) is 7.96. The van der Waals surface area contributed by atoms with Crippen LogP contribution in [0.1, 0.15) is 84.6 Å². The van der Waals surface area contributed by atoms with Gasteiger partial charge >= 0.3 is 6.85 Å². The maximum Gasteiger partial charge on any atom is 0.333 e. The molecule has 0 radical (unpaired) electrons. The van der Waals surface area contributed by atoms with Crippen molar-refractivity contribution in [1.82, 2.24) is 4.48 Å². The number of aryl methyl sites for hydroxylation is 1. The molecule has 0 fully saturated rings. The summed E-state index contributed by atoms with van der Waals surface area (Å²) in [6.45, 7) is 23.2. The summed E-state index contributed by atoms with van der Waals surface area (Å²) in [5.74, 6) is 0. The number of furan rings is 1. The first-order valence-electron chi connectivity index (χ1n) is 22.0. The van der Waals surface area contributed by atoms with E-state index in [0.717, 1.165) is 33.3 Å². The van der Waals surface area contributed by atoms with E-state index in [0.29, 0.717) is 0 Å². The summed E-state index contributed by atoms with van der Waals surface area (Å²) in [7, 11) is 0. The summed E-state index contributed by atoms with van der Waals surface area (Å²) in [6, 6.07) is 52.8. The van der Waals surface area contributed by atoms with E-state index in [1.165, 1.54) is 83.3 Å². The van der Waals surface area contributed by atoms with Gasteiger partial charge in [-0.1, -0.05) is 159 Å². The third-order valence-corrected chi connectivity index (χ3v) is 13.6. The summed E-state index contributed by atoms with van der Waals surface area (Å²) >= 11 is 0. The third kappa shape index (κ3) is 5.64. The Morgan fingerprint density at radius 1 is 0.492 bits per heavy atom. The molecule has 2 aliphatic heterocycles. The van der Waals surface area contributed by atoms with E-state index in [1.807, 2.05) is 0 Å². The molecule has 61 heavy (non-hydrogen) atoms.